The SMILES string of the molecule is CC(CCO)CNc1ccc(S(C)(=O)=O)cc1. The maximum absolute atomic E-state index is 11.2. The van der Waals surface area contributed by atoms with E-state index in [1.54, 1.807) is 24.3 Å². The highest BCUT2D eigenvalue weighted by Gasteiger charge is 2.06. The van der Waals surface area contributed by atoms with E-state index in [1.165, 1.54) is 6.26 Å². The predicted octanol–water partition coefficient (Wildman–Crippen LogP) is 1.52. The molecule has 0 aliphatic rings. The largest absolute Gasteiger partial charge is 0.396 e. The minimum atomic E-state index is -3.12. The number of benzene rings is 1. The molecule has 0 aliphatic carbocycles. The standard InChI is InChI=1S/C12H19NO3S/c1-10(7-8-14)9-13-11-3-5-12(6-4-11)17(2,15)16/h3-6,10,13-14H,7-9H2,1-2H3. The van der Waals surface area contributed by atoms with Gasteiger partial charge < -0.3 is 10.4 Å². The van der Waals surface area contributed by atoms with E-state index in [9.17, 15) is 8.42 Å². The van der Waals surface area contributed by atoms with E-state index in [1.807, 2.05) is 6.92 Å². The zero-order valence-electron chi connectivity index (χ0n) is 10.2. The second kappa shape index (κ2) is 6.02. The molecule has 0 saturated carbocycles. The van der Waals surface area contributed by atoms with Gasteiger partial charge in [0, 0.05) is 25.1 Å². The summed E-state index contributed by atoms with van der Waals surface area (Å²) in [6, 6.07) is 6.69. The van der Waals surface area contributed by atoms with Gasteiger partial charge in [-0.25, -0.2) is 8.42 Å². The van der Waals surface area contributed by atoms with E-state index in [2.05, 4.69) is 5.32 Å². The Morgan fingerprint density at radius 2 is 1.88 bits per heavy atom. The molecule has 1 aromatic rings. The number of hydrogen-bond donors (Lipinski definition) is 2. The van der Waals surface area contributed by atoms with Crippen LogP contribution in [-0.4, -0.2) is 32.9 Å². The molecule has 1 rings (SSSR count). The van der Waals surface area contributed by atoms with Crippen molar-refractivity contribution in [3.63, 3.8) is 0 Å². The first-order valence-electron chi connectivity index (χ1n) is 5.58. The van der Waals surface area contributed by atoms with Crippen LogP contribution in [0, 0.1) is 5.92 Å². The molecule has 17 heavy (non-hydrogen) atoms. The number of rotatable bonds is 6. The van der Waals surface area contributed by atoms with E-state index in [0.717, 1.165) is 18.7 Å². The van der Waals surface area contributed by atoms with Gasteiger partial charge in [-0.05, 0) is 36.6 Å². The van der Waals surface area contributed by atoms with Crippen molar-refractivity contribution in [2.24, 2.45) is 5.92 Å². The summed E-state index contributed by atoms with van der Waals surface area (Å²) in [4.78, 5) is 0.325. The quantitative estimate of drug-likeness (QED) is 0.811. The molecule has 0 aliphatic heterocycles. The third-order valence-corrected chi connectivity index (χ3v) is 3.69. The topological polar surface area (TPSA) is 66.4 Å². The van der Waals surface area contributed by atoms with Crippen molar-refractivity contribution in [3.05, 3.63) is 24.3 Å². The van der Waals surface area contributed by atoms with Crippen molar-refractivity contribution in [1.82, 2.24) is 0 Å². The molecule has 0 saturated heterocycles. The van der Waals surface area contributed by atoms with Crippen molar-refractivity contribution in [3.8, 4) is 0 Å². The number of aliphatic hydroxyl groups excluding tert-OH is 1. The molecule has 1 atom stereocenters. The van der Waals surface area contributed by atoms with Crippen molar-refractivity contribution in [1.29, 1.82) is 0 Å². The van der Waals surface area contributed by atoms with Crippen molar-refractivity contribution in [2.75, 3.05) is 24.7 Å². The molecule has 0 bridgehead atoms. The Bertz CT molecular complexity index is 439. The molecule has 1 aromatic carbocycles. The summed E-state index contributed by atoms with van der Waals surface area (Å²) in [6.45, 7) is 3.00. The maximum atomic E-state index is 11.2. The van der Waals surface area contributed by atoms with Crippen LogP contribution in [0.25, 0.3) is 0 Å². The number of hydrogen-bond acceptors (Lipinski definition) is 4. The Labute approximate surface area is 103 Å². The third kappa shape index (κ3) is 4.75. The summed E-state index contributed by atoms with van der Waals surface area (Å²) in [5.41, 5.74) is 0.891. The number of sulfone groups is 1. The lowest BCUT2D eigenvalue weighted by molar-refractivity contribution is 0.266. The third-order valence-electron chi connectivity index (χ3n) is 2.56. The molecule has 0 amide bonds. The Morgan fingerprint density at radius 1 is 1.29 bits per heavy atom. The molecule has 0 fully saturated rings. The number of anilines is 1. The second-order valence-electron chi connectivity index (χ2n) is 4.29. The van der Waals surface area contributed by atoms with Gasteiger partial charge in [-0.15, -0.1) is 0 Å². The Balaban J connectivity index is 2.57. The lowest BCUT2D eigenvalue weighted by Gasteiger charge is -2.12. The molecule has 0 radical (unpaired) electrons. The lowest BCUT2D eigenvalue weighted by Crippen LogP contribution is -2.12. The van der Waals surface area contributed by atoms with Crippen LogP contribution in [0.5, 0.6) is 0 Å². The molecule has 5 heteroatoms. The van der Waals surface area contributed by atoms with Crippen molar-refractivity contribution in [2.45, 2.75) is 18.2 Å². The average Bonchev–Trinajstić information content (AvgIpc) is 2.26. The first-order chi connectivity index (χ1) is 7.93. The second-order valence-corrected chi connectivity index (χ2v) is 6.31. The van der Waals surface area contributed by atoms with Gasteiger partial charge in [-0.2, -0.15) is 0 Å². The van der Waals surface area contributed by atoms with Crippen molar-refractivity contribution < 1.29 is 13.5 Å². The van der Waals surface area contributed by atoms with E-state index in [-0.39, 0.29) is 6.61 Å². The molecule has 0 heterocycles. The van der Waals surface area contributed by atoms with Gasteiger partial charge in [-0.3, -0.25) is 0 Å². The van der Waals surface area contributed by atoms with Crippen molar-refractivity contribution >= 4 is 15.5 Å². The molecule has 0 spiro atoms. The molecule has 1 unspecified atom stereocenters. The fourth-order valence-corrected chi connectivity index (χ4v) is 2.06. The summed E-state index contributed by atoms with van der Waals surface area (Å²) >= 11 is 0. The lowest BCUT2D eigenvalue weighted by atomic mass is 10.1. The number of aliphatic hydroxyl groups is 1. The van der Waals surface area contributed by atoms with Gasteiger partial charge in [0.2, 0.25) is 0 Å². The summed E-state index contributed by atoms with van der Waals surface area (Å²) in [5, 5.41) is 12.0. The van der Waals surface area contributed by atoms with E-state index < -0.39 is 9.84 Å². The van der Waals surface area contributed by atoms with E-state index in [0.29, 0.717) is 10.8 Å². The van der Waals surface area contributed by atoms with Gasteiger partial charge in [0.05, 0.1) is 4.90 Å². The maximum Gasteiger partial charge on any atom is 0.175 e. The highest BCUT2D eigenvalue weighted by atomic mass is 32.2. The first-order valence-corrected chi connectivity index (χ1v) is 7.47. The van der Waals surface area contributed by atoms with Crippen LogP contribution in [0.1, 0.15) is 13.3 Å². The summed E-state index contributed by atoms with van der Waals surface area (Å²) in [7, 11) is -3.12. The van der Waals surface area contributed by atoms with Crippen LogP contribution < -0.4 is 5.32 Å². The van der Waals surface area contributed by atoms with E-state index >= 15 is 0 Å². The summed E-state index contributed by atoms with van der Waals surface area (Å²) in [5.74, 6) is 0.384. The Morgan fingerprint density at radius 3 is 2.35 bits per heavy atom. The van der Waals surface area contributed by atoms with Gasteiger partial charge in [0.1, 0.15) is 0 Å². The zero-order valence-corrected chi connectivity index (χ0v) is 11.0. The monoisotopic (exact) mass is 257 g/mol. The van der Waals surface area contributed by atoms with Gasteiger partial charge in [0.15, 0.2) is 9.84 Å². The van der Waals surface area contributed by atoms with E-state index in [4.69, 9.17) is 5.11 Å². The average molecular weight is 257 g/mol. The van der Waals surface area contributed by atoms with Crippen LogP contribution in [0.3, 0.4) is 0 Å². The molecule has 0 aromatic heterocycles. The summed E-state index contributed by atoms with van der Waals surface area (Å²) in [6.07, 6.45) is 1.95. The van der Waals surface area contributed by atoms with Crippen LogP contribution in [-0.2, 0) is 9.84 Å². The molecule has 2 N–H and O–H groups in total. The fourth-order valence-electron chi connectivity index (χ4n) is 1.43. The number of nitrogens with one attached hydrogen (secondary N) is 1. The molecular formula is C12H19NO3S. The normalized spacial score (nSPS) is 13.4. The van der Waals surface area contributed by atoms with Gasteiger partial charge >= 0.3 is 0 Å². The molecule has 4 nitrogen and oxygen atoms in total. The predicted molar refractivity (Wildman–Crippen MR) is 68.9 cm³/mol. The minimum Gasteiger partial charge on any atom is -0.396 e. The first kappa shape index (κ1) is 14.0. The van der Waals surface area contributed by atoms with Gasteiger partial charge in [0.25, 0.3) is 0 Å². The van der Waals surface area contributed by atoms with Crippen LogP contribution in [0.2, 0.25) is 0 Å². The fraction of sp³-hybridized carbons (Fsp3) is 0.500. The van der Waals surface area contributed by atoms with Crippen LogP contribution >= 0.6 is 0 Å². The Kier molecular flexibility index (Phi) is 4.96. The molecular weight excluding hydrogens is 238 g/mol. The smallest absolute Gasteiger partial charge is 0.175 e. The van der Waals surface area contributed by atoms with Crippen LogP contribution in [0.4, 0.5) is 5.69 Å². The van der Waals surface area contributed by atoms with Gasteiger partial charge in [-0.1, -0.05) is 6.92 Å². The highest BCUT2D eigenvalue weighted by Crippen LogP contribution is 2.14. The highest BCUT2D eigenvalue weighted by molar-refractivity contribution is 7.90. The summed E-state index contributed by atoms with van der Waals surface area (Å²) < 4.78 is 22.5. The Hall–Kier alpha value is -1.07. The molecule has 96 valence electrons. The zero-order chi connectivity index (χ0) is 12.9. The van der Waals surface area contributed by atoms with Crippen LogP contribution in [0.15, 0.2) is 29.2 Å². The minimum absolute atomic E-state index is 0.190.